The molecule has 0 spiro atoms. The highest BCUT2D eigenvalue weighted by Crippen LogP contribution is 2.25. The number of amides is 3. The van der Waals surface area contributed by atoms with Crippen LogP contribution in [0.25, 0.3) is 0 Å². The number of ether oxygens (including phenoxy) is 4. The van der Waals surface area contributed by atoms with E-state index >= 15 is 0 Å². The number of halogens is 7. The number of alkyl halides is 6. The molecule has 0 aromatic heterocycles. The van der Waals surface area contributed by atoms with E-state index in [2.05, 4.69) is 162 Å². The predicted molar refractivity (Wildman–Crippen MR) is 373 cm³/mol. The first-order valence-corrected chi connectivity index (χ1v) is 34.0. The molecule has 2 heterocycles. The molecular weight excluding hydrogens is 1650 g/mol. The molecule has 0 aliphatic carbocycles. The highest BCUT2D eigenvalue weighted by molar-refractivity contribution is 14.1. The molecule has 3 amide bonds. The summed E-state index contributed by atoms with van der Waals surface area (Å²) in [4.78, 5) is 56.5. The zero-order chi connectivity index (χ0) is 64.1. The van der Waals surface area contributed by atoms with Crippen molar-refractivity contribution in [2.75, 3.05) is 80.0 Å². The lowest BCUT2D eigenvalue weighted by Crippen LogP contribution is -3.00. The minimum Gasteiger partial charge on any atom is -1.00 e. The second kappa shape index (κ2) is 72.9. The number of nitrogens with zero attached hydrogens (tertiary/aromatic N) is 3. The van der Waals surface area contributed by atoms with Crippen molar-refractivity contribution in [3.8, 4) is 0 Å². The van der Waals surface area contributed by atoms with Gasteiger partial charge in [0.15, 0.2) is 11.6 Å². The summed E-state index contributed by atoms with van der Waals surface area (Å²) in [5.41, 5.74) is 0. The van der Waals surface area contributed by atoms with Gasteiger partial charge in [-0.15, -0.1) is 36.4 Å². The van der Waals surface area contributed by atoms with E-state index in [-0.39, 0.29) is 71.0 Å². The molecule has 2 aliphatic rings. The normalized spacial score (nSPS) is 16.4. The average molecular weight is 1760 g/mol. The maximum Gasteiger partial charge on any atom is 0.269 e. The Kier molecular flexibility index (Phi) is 90.4. The lowest BCUT2D eigenvalue weighted by molar-refractivity contribution is -0.163. The van der Waals surface area contributed by atoms with E-state index in [0.29, 0.717) is 31.0 Å². The van der Waals surface area contributed by atoms with Gasteiger partial charge in [-0.25, -0.2) is 15.2 Å². The molecule has 81 heavy (non-hydrogen) atoms. The predicted octanol–water partition coefficient (Wildman–Crippen LogP) is 13.0. The van der Waals surface area contributed by atoms with Gasteiger partial charge in [-0.1, -0.05) is 202 Å². The first-order valence-electron chi connectivity index (χ1n) is 27.1. The number of carbonyl (C=O) groups excluding carboxylic acids is 4. The molecule has 2 rings (SSSR count). The Balaban J connectivity index is -0.000000106. The second-order valence-corrected chi connectivity index (χ2v) is 23.8. The van der Waals surface area contributed by atoms with Crippen LogP contribution in [0.3, 0.4) is 0 Å². The highest BCUT2D eigenvalue weighted by atomic mass is 127. The molecule has 0 unspecified atom stereocenters. The monoisotopic (exact) mass is 1760 g/mol. The third kappa shape index (κ3) is 80.4. The standard InChI is InChI=1S/C12H21NO2.C11H18INO2.C7H13IO2.C7H14O3.C6H13I.C5H9IO.C5H9NO2.C2H4Cl2.C2H6.C2H4.HI/c1-5-8-11(2)9-6-7-10-12(14)13(3)15-4;1-10(8-9-12)6-4-5-7-11(14)13(2)15-3;2*1-7(2)9-5-6(10-7)3-4-8;1-3-6(2)4-5-7;1-5(4-7)2-3-6;1-4-5(7)6(2)8-3;1-2(3)4;2*1-2;/h6-7,9-11H,5,8H2,1-4H3;4-7,10H,8-9H2,1-3H3;6H,3-5H2,1-2H3;6,8H,3-5H2,1-2H3;6H,3-5H2,1-2H3;4-5H,2-3H2,1H3;4H,1H2,2-3H3;2H,1H3;1-2H3;1-2H2;1H/p-1/b9-6+,10-7+;6-4+,7-5+;;;;;;;;;/t11-;10-;3*6-;5-;;;;;/m101101...../s1. The largest absolute Gasteiger partial charge is 1.00 e. The fraction of sp³-hybridized carbons (Fsp3) is 0.729. The van der Waals surface area contributed by atoms with Crippen LogP contribution in [0.4, 0.5) is 0 Å². The van der Waals surface area contributed by atoms with Crippen molar-refractivity contribution in [1.82, 2.24) is 15.2 Å². The number of carbonyl (C=O) groups is 4. The van der Waals surface area contributed by atoms with E-state index in [1.807, 2.05) is 60.6 Å². The van der Waals surface area contributed by atoms with E-state index in [0.717, 1.165) is 56.4 Å². The summed E-state index contributed by atoms with van der Waals surface area (Å²) in [7, 11) is 9.02. The number of aldehydes is 1. The third-order valence-corrected chi connectivity index (χ3v) is 12.4. The molecule has 2 aliphatic heterocycles. The summed E-state index contributed by atoms with van der Waals surface area (Å²) in [6.45, 7) is 37.1. The van der Waals surface area contributed by atoms with Crippen LogP contribution in [0.15, 0.2) is 74.4 Å². The molecule has 0 bridgehead atoms. The first-order chi connectivity index (χ1) is 37.6. The summed E-state index contributed by atoms with van der Waals surface area (Å²) in [6, 6.07) is 0. The van der Waals surface area contributed by atoms with Crippen LogP contribution in [0.1, 0.15) is 141 Å². The summed E-state index contributed by atoms with van der Waals surface area (Å²) in [5.74, 6) is 0.975. The van der Waals surface area contributed by atoms with Gasteiger partial charge < -0.3 is 52.8 Å². The van der Waals surface area contributed by atoms with Crippen LogP contribution < -0.4 is 24.0 Å². The molecular formula is C59H111Cl2I5N3O12-. The SMILES string of the molecule is C=C.C=CC(=O)N(C)OC.CC.CC(Cl)Cl.CC1(C)OC[C@@H](CCI)O1.CC1(C)OC[C@@H](CCO)O1.CCC[C@@H](C)/C=C/C=C/C(=O)N(C)OC.CC[C@H](C)CCI.CON(C)C(=O)/C=C/C=C/[C@H](C)CCI.C[C@@H](C=O)CCI.[I-]. The third-order valence-electron chi connectivity index (χ3n) is 9.93. The quantitative estimate of drug-likeness (QED) is 0.0185. The van der Waals surface area contributed by atoms with Gasteiger partial charge >= 0.3 is 0 Å². The molecule has 0 radical (unpaired) electrons. The molecule has 484 valence electrons. The van der Waals surface area contributed by atoms with Gasteiger partial charge in [0.2, 0.25) is 0 Å². The maximum absolute atomic E-state index is 11.2. The Morgan fingerprint density at radius 2 is 0.988 bits per heavy atom. The lowest BCUT2D eigenvalue weighted by Gasteiger charge is -2.16. The van der Waals surface area contributed by atoms with Crippen LogP contribution in [-0.4, -0.2) is 153 Å². The fourth-order valence-electron chi connectivity index (χ4n) is 4.92. The van der Waals surface area contributed by atoms with E-state index in [1.54, 1.807) is 33.2 Å². The van der Waals surface area contributed by atoms with Gasteiger partial charge in [0.05, 0.1) is 46.8 Å². The van der Waals surface area contributed by atoms with Crippen LogP contribution in [-0.2, 0) is 52.6 Å². The van der Waals surface area contributed by atoms with Crippen LogP contribution in [0.2, 0.25) is 0 Å². The summed E-state index contributed by atoms with van der Waals surface area (Å²) >= 11 is 19.5. The van der Waals surface area contributed by atoms with Crippen molar-refractivity contribution in [2.45, 2.75) is 170 Å². The highest BCUT2D eigenvalue weighted by Gasteiger charge is 2.32. The van der Waals surface area contributed by atoms with Gasteiger partial charge in [0.25, 0.3) is 17.7 Å². The average Bonchev–Trinajstić information content (AvgIpc) is 3.97. The molecule has 15 nitrogen and oxygen atoms in total. The topological polar surface area (TPSA) is 163 Å². The number of hydrogen-bond donors (Lipinski definition) is 1. The number of likely N-dealkylation sites (N-methyl/N-ethyl adjacent to an activating group) is 3. The summed E-state index contributed by atoms with van der Waals surface area (Å²) < 4.78 is 26.3. The van der Waals surface area contributed by atoms with Gasteiger partial charge in [0, 0.05) is 59.1 Å². The number of aliphatic hydroxyl groups is 1. The fourth-order valence-corrected chi connectivity index (χ4v) is 8.64. The zero-order valence-corrected chi connectivity index (χ0v) is 65.3. The van der Waals surface area contributed by atoms with Crippen LogP contribution >= 0.6 is 114 Å². The Morgan fingerprint density at radius 1 is 0.642 bits per heavy atom. The molecule has 2 fully saturated rings. The molecule has 0 aromatic carbocycles. The summed E-state index contributed by atoms with van der Waals surface area (Å²) in [5, 5.41) is 12.0. The molecule has 22 heteroatoms. The van der Waals surface area contributed by atoms with Crippen molar-refractivity contribution in [2.24, 2.45) is 23.7 Å². The van der Waals surface area contributed by atoms with E-state index in [9.17, 15) is 19.2 Å². The van der Waals surface area contributed by atoms with Gasteiger partial charge in [-0.05, 0) is 101 Å². The van der Waals surface area contributed by atoms with Crippen molar-refractivity contribution in [3.63, 3.8) is 0 Å². The zero-order valence-electron chi connectivity index (χ0n) is 53.0. The van der Waals surface area contributed by atoms with Gasteiger partial charge in [-0.2, -0.15) is 0 Å². The van der Waals surface area contributed by atoms with Gasteiger partial charge in [0.1, 0.15) is 11.1 Å². The number of allylic oxidation sites excluding steroid dienone is 6. The smallest absolute Gasteiger partial charge is 0.269 e. The maximum atomic E-state index is 11.2. The number of hydrogen-bond acceptors (Lipinski definition) is 12. The number of aliphatic hydroxyl groups excluding tert-OH is 1. The molecule has 0 aromatic rings. The minimum atomic E-state index is -0.445. The molecule has 0 saturated carbocycles. The minimum absolute atomic E-state index is 0. The van der Waals surface area contributed by atoms with E-state index in [1.165, 1.54) is 86.8 Å². The van der Waals surface area contributed by atoms with E-state index in [4.69, 9.17) is 56.9 Å². The Labute approximate surface area is 576 Å². The lowest BCUT2D eigenvalue weighted by atomic mass is 10.1. The Hall–Kier alpha value is 0.430. The first kappa shape index (κ1) is 100. The Morgan fingerprint density at radius 3 is 1.22 bits per heavy atom. The molecule has 1 N–H and O–H groups in total. The van der Waals surface area contributed by atoms with Crippen LogP contribution in [0.5, 0.6) is 0 Å². The van der Waals surface area contributed by atoms with Crippen molar-refractivity contribution in [1.29, 1.82) is 0 Å². The van der Waals surface area contributed by atoms with Crippen molar-refractivity contribution in [3.05, 3.63) is 74.4 Å². The molecule has 6 atom stereocenters. The number of rotatable bonds is 24. The summed E-state index contributed by atoms with van der Waals surface area (Å²) in [6.07, 6.45) is 26.1. The number of hydroxylamine groups is 6. The molecule has 2 saturated heterocycles. The van der Waals surface area contributed by atoms with Crippen molar-refractivity contribution < 1.29 is 81.7 Å². The Bertz CT molecular complexity index is 1460. The van der Waals surface area contributed by atoms with Crippen molar-refractivity contribution >= 4 is 138 Å². The van der Waals surface area contributed by atoms with Gasteiger partial charge in [-0.3, -0.25) is 28.9 Å². The second-order valence-electron chi connectivity index (χ2n) is 18.0. The van der Waals surface area contributed by atoms with E-state index < -0.39 is 5.79 Å². The van der Waals surface area contributed by atoms with Crippen LogP contribution in [0, 0.1) is 23.7 Å².